The number of carbonyl (C=O) groups excluding carboxylic acids is 1. The van der Waals surface area contributed by atoms with Crippen LogP contribution in [0.3, 0.4) is 0 Å². The third-order valence-corrected chi connectivity index (χ3v) is 3.26. The Morgan fingerprint density at radius 2 is 1.90 bits per heavy atom. The molecule has 2 aromatic rings. The van der Waals surface area contributed by atoms with Gasteiger partial charge in [-0.15, -0.1) is 0 Å². The molecule has 0 radical (unpaired) electrons. The molecule has 0 saturated heterocycles. The molecule has 7 heteroatoms. The van der Waals surface area contributed by atoms with Gasteiger partial charge in [-0.25, -0.2) is 13.2 Å². The zero-order chi connectivity index (χ0) is 14.9. The van der Waals surface area contributed by atoms with Crippen molar-refractivity contribution in [2.75, 3.05) is 0 Å². The molecule has 2 rings (SSSR count). The molecule has 0 spiro atoms. The van der Waals surface area contributed by atoms with Gasteiger partial charge in [0.15, 0.2) is 0 Å². The van der Waals surface area contributed by atoms with Gasteiger partial charge in [-0.05, 0) is 22.4 Å². The van der Waals surface area contributed by atoms with Crippen LogP contribution >= 0.6 is 15.9 Å². The Balaban J connectivity index is 2.55. The second kappa shape index (κ2) is 5.78. The van der Waals surface area contributed by atoms with Crippen molar-refractivity contribution in [2.45, 2.75) is 19.9 Å². The smallest absolute Gasteiger partial charge is 0.218 e. The first-order valence-electron chi connectivity index (χ1n) is 5.86. The molecule has 0 unspecified atom stereocenters. The Kier molecular flexibility index (Phi) is 4.27. The molecule has 0 aliphatic rings. The molecule has 0 aliphatic carbocycles. The highest BCUT2D eigenvalue weighted by Crippen LogP contribution is 2.24. The van der Waals surface area contributed by atoms with E-state index in [9.17, 15) is 18.0 Å². The average Bonchev–Trinajstić information content (AvgIpc) is 2.69. The molecule has 0 aliphatic heterocycles. The maximum atomic E-state index is 13.7. The number of aryl methyl sites for hydroxylation is 1. The predicted octanol–water partition coefficient (Wildman–Crippen LogP) is 3.70. The van der Waals surface area contributed by atoms with E-state index in [-0.39, 0.29) is 5.69 Å². The summed E-state index contributed by atoms with van der Waals surface area (Å²) in [7, 11) is 0. The van der Waals surface area contributed by atoms with Crippen LogP contribution in [0.2, 0.25) is 0 Å². The number of halogens is 4. The Hall–Kier alpha value is -1.63. The number of hydrogen-bond donors (Lipinski definition) is 0. The zero-order valence-corrected chi connectivity index (χ0v) is 12.0. The van der Waals surface area contributed by atoms with Crippen LogP contribution in [0, 0.1) is 17.5 Å². The van der Waals surface area contributed by atoms with Gasteiger partial charge >= 0.3 is 0 Å². The highest BCUT2D eigenvalue weighted by Gasteiger charge is 2.25. The highest BCUT2D eigenvalue weighted by molar-refractivity contribution is 9.10. The van der Waals surface area contributed by atoms with Crippen molar-refractivity contribution in [3.63, 3.8) is 0 Å². The fraction of sp³-hybridized carbons (Fsp3) is 0.231. The molecule has 3 nitrogen and oxygen atoms in total. The van der Waals surface area contributed by atoms with E-state index >= 15 is 0 Å². The largest absolute Gasteiger partial charge is 0.287 e. The molecule has 0 fully saturated rings. The van der Waals surface area contributed by atoms with Crippen LogP contribution in [0.25, 0.3) is 0 Å². The van der Waals surface area contributed by atoms with Crippen LogP contribution in [0.15, 0.2) is 22.8 Å². The Labute approximate surface area is 121 Å². The van der Waals surface area contributed by atoms with Crippen LogP contribution < -0.4 is 0 Å². The molecule has 0 N–H and O–H groups in total. The summed E-state index contributed by atoms with van der Waals surface area (Å²) in [5, 5.41) is 3.96. The molecule has 1 aromatic carbocycles. The lowest BCUT2D eigenvalue weighted by atomic mass is 10.1. The average molecular weight is 347 g/mol. The molecule has 106 valence electrons. The summed E-state index contributed by atoms with van der Waals surface area (Å²) in [5.41, 5.74) is -0.749. The van der Waals surface area contributed by atoms with Gasteiger partial charge in [0.1, 0.15) is 23.1 Å². The van der Waals surface area contributed by atoms with Crippen molar-refractivity contribution in [1.82, 2.24) is 9.78 Å². The molecule has 1 heterocycles. The summed E-state index contributed by atoms with van der Waals surface area (Å²) in [6.45, 7) is 2.31. The van der Waals surface area contributed by atoms with Gasteiger partial charge in [0.25, 0.3) is 0 Å². The minimum absolute atomic E-state index is 0.0382. The van der Waals surface area contributed by atoms with E-state index < -0.39 is 28.8 Å². The summed E-state index contributed by atoms with van der Waals surface area (Å²) < 4.78 is 41.9. The van der Waals surface area contributed by atoms with Crippen LogP contribution in [0.4, 0.5) is 13.2 Å². The number of aromatic nitrogens is 2. The standard InChI is InChI=1S/C13H10BrF3N2O/c1-2-3-19-12(8(14)6-18-19)13(20)11-9(16)4-7(15)5-10(11)17/h4-6H,2-3H2,1H3. The SMILES string of the molecule is CCCn1ncc(Br)c1C(=O)c1c(F)cc(F)cc1F. The lowest BCUT2D eigenvalue weighted by molar-refractivity contribution is 0.102. The Bertz CT molecular complexity index is 647. The molecule has 20 heavy (non-hydrogen) atoms. The van der Waals surface area contributed by atoms with E-state index in [4.69, 9.17) is 0 Å². The molecule has 0 saturated carbocycles. The lowest BCUT2D eigenvalue weighted by Crippen LogP contribution is -2.15. The lowest BCUT2D eigenvalue weighted by Gasteiger charge is -2.08. The molecule has 0 bridgehead atoms. The van der Waals surface area contributed by atoms with E-state index in [0.29, 0.717) is 29.6 Å². The maximum Gasteiger partial charge on any atom is 0.218 e. The molecule has 0 atom stereocenters. The highest BCUT2D eigenvalue weighted by atomic mass is 79.9. The van der Waals surface area contributed by atoms with E-state index in [1.807, 2.05) is 6.92 Å². The van der Waals surface area contributed by atoms with Gasteiger partial charge in [0.05, 0.1) is 16.2 Å². The van der Waals surface area contributed by atoms with Crippen molar-refractivity contribution in [3.05, 3.63) is 51.5 Å². The van der Waals surface area contributed by atoms with E-state index in [2.05, 4.69) is 21.0 Å². The quantitative estimate of drug-likeness (QED) is 0.791. The van der Waals surface area contributed by atoms with E-state index in [0.717, 1.165) is 0 Å². The number of rotatable bonds is 4. The molecular formula is C13H10BrF3N2O. The van der Waals surface area contributed by atoms with Crippen LogP contribution in [-0.4, -0.2) is 15.6 Å². The summed E-state index contributed by atoms with van der Waals surface area (Å²) in [5.74, 6) is -4.41. The van der Waals surface area contributed by atoms with Crippen molar-refractivity contribution in [1.29, 1.82) is 0 Å². The van der Waals surface area contributed by atoms with Crippen molar-refractivity contribution >= 4 is 21.7 Å². The normalized spacial score (nSPS) is 10.8. The monoisotopic (exact) mass is 346 g/mol. The van der Waals surface area contributed by atoms with Crippen molar-refractivity contribution in [2.24, 2.45) is 0 Å². The minimum atomic E-state index is -1.23. The summed E-state index contributed by atoms with van der Waals surface area (Å²) in [6, 6.07) is 0.954. The van der Waals surface area contributed by atoms with Gasteiger partial charge in [0.2, 0.25) is 5.78 Å². The van der Waals surface area contributed by atoms with E-state index in [1.54, 1.807) is 0 Å². The van der Waals surface area contributed by atoms with Crippen LogP contribution in [-0.2, 0) is 6.54 Å². The van der Waals surface area contributed by atoms with Gasteiger partial charge in [0, 0.05) is 18.7 Å². The Morgan fingerprint density at radius 1 is 1.30 bits per heavy atom. The topological polar surface area (TPSA) is 34.9 Å². The number of benzene rings is 1. The van der Waals surface area contributed by atoms with Gasteiger partial charge in [-0.1, -0.05) is 6.92 Å². The molecular weight excluding hydrogens is 337 g/mol. The summed E-state index contributed by atoms with van der Waals surface area (Å²) in [6.07, 6.45) is 2.07. The number of carbonyl (C=O) groups is 1. The van der Waals surface area contributed by atoms with Crippen molar-refractivity contribution < 1.29 is 18.0 Å². The Morgan fingerprint density at radius 3 is 2.45 bits per heavy atom. The predicted molar refractivity (Wildman–Crippen MR) is 70.0 cm³/mol. The maximum absolute atomic E-state index is 13.7. The van der Waals surface area contributed by atoms with Crippen LogP contribution in [0.1, 0.15) is 29.4 Å². The third-order valence-electron chi connectivity index (χ3n) is 2.68. The molecule has 1 aromatic heterocycles. The number of nitrogens with zero attached hydrogens (tertiary/aromatic N) is 2. The van der Waals surface area contributed by atoms with Gasteiger partial charge in [-0.3, -0.25) is 9.48 Å². The summed E-state index contributed by atoms with van der Waals surface area (Å²) >= 11 is 3.13. The molecule has 0 amide bonds. The van der Waals surface area contributed by atoms with E-state index in [1.165, 1.54) is 10.9 Å². The van der Waals surface area contributed by atoms with Crippen molar-refractivity contribution in [3.8, 4) is 0 Å². The summed E-state index contributed by atoms with van der Waals surface area (Å²) in [4.78, 5) is 12.3. The first kappa shape index (κ1) is 14.8. The number of ketones is 1. The third kappa shape index (κ3) is 2.63. The number of hydrogen-bond acceptors (Lipinski definition) is 2. The fourth-order valence-electron chi connectivity index (χ4n) is 1.85. The van der Waals surface area contributed by atoms with Gasteiger partial charge < -0.3 is 0 Å². The zero-order valence-electron chi connectivity index (χ0n) is 10.5. The van der Waals surface area contributed by atoms with Gasteiger partial charge in [-0.2, -0.15) is 5.10 Å². The first-order chi connectivity index (χ1) is 9.45. The minimum Gasteiger partial charge on any atom is -0.287 e. The second-order valence-corrected chi connectivity index (χ2v) is 4.99. The second-order valence-electron chi connectivity index (χ2n) is 4.14. The first-order valence-corrected chi connectivity index (χ1v) is 6.65. The van der Waals surface area contributed by atoms with Crippen LogP contribution in [0.5, 0.6) is 0 Å². The fourth-order valence-corrected chi connectivity index (χ4v) is 2.32.